The van der Waals surface area contributed by atoms with Crippen molar-refractivity contribution >= 4 is 35.2 Å². The van der Waals surface area contributed by atoms with Gasteiger partial charge in [-0.25, -0.2) is 14.4 Å². The molecule has 2 aromatic heterocycles. The minimum absolute atomic E-state index is 0.275. The van der Waals surface area contributed by atoms with Crippen LogP contribution in [-0.4, -0.2) is 58.8 Å². The van der Waals surface area contributed by atoms with E-state index in [1.165, 1.54) is 23.3 Å². The molecule has 0 atom stereocenters. The number of nitrogens with zero attached hydrogens (tertiary/aromatic N) is 4. The third-order valence-electron chi connectivity index (χ3n) is 8.48. The molecule has 11 heteroatoms. The second-order valence-corrected chi connectivity index (χ2v) is 12.9. The molecule has 6 rings (SSSR count). The highest BCUT2D eigenvalue weighted by atomic mass is 35.5. The van der Waals surface area contributed by atoms with Gasteiger partial charge in [-0.2, -0.15) is 0 Å². The van der Waals surface area contributed by atoms with Crippen LogP contribution in [0.25, 0.3) is 5.70 Å². The number of halogens is 3. The summed E-state index contributed by atoms with van der Waals surface area (Å²) in [5, 5.41) is 0.848. The van der Waals surface area contributed by atoms with Crippen LogP contribution in [0.2, 0.25) is 10.2 Å². The Kier molecular flexibility index (Phi) is 12.2. The SMILES string of the molecule is Cc1cc(/C(=C\C=O)N2CCN(Cc3ccc(CCOc4ccc(F)cc4)cc3)CC2)cc(Cl)c1Oc1ccc(OCc2ccc(Cl)nc2)cn1. The zero-order valence-electron chi connectivity index (χ0n) is 28.1. The monoisotopic (exact) mass is 726 g/mol. The normalized spacial score (nSPS) is 13.6. The summed E-state index contributed by atoms with van der Waals surface area (Å²) in [6, 6.07) is 25.5. The summed E-state index contributed by atoms with van der Waals surface area (Å²) in [6.07, 6.45) is 6.44. The van der Waals surface area contributed by atoms with Crippen molar-refractivity contribution in [2.45, 2.75) is 26.5 Å². The molecule has 0 bridgehead atoms. The van der Waals surface area contributed by atoms with E-state index in [1.54, 1.807) is 48.8 Å². The zero-order valence-corrected chi connectivity index (χ0v) is 29.6. The summed E-state index contributed by atoms with van der Waals surface area (Å²) in [7, 11) is 0. The van der Waals surface area contributed by atoms with E-state index in [9.17, 15) is 9.18 Å². The summed E-state index contributed by atoms with van der Waals surface area (Å²) >= 11 is 12.6. The highest BCUT2D eigenvalue weighted by Gasteiger charge is 2.22. The number of hydrogen-bond acceptors (Lipinski definition) is 8. The quantitative estimate of drug-likeness (QED) is 0.0640. The molecule has 0 N–H and O–H groups in total. The number of allylic oxidation sites excluding steroid dienone is 1. The molecular formula is C40H37Cl2FN4O4. The van der Waals surface area contributed by atoms with Crippen LogP contribution in [0.1, 0.15) is 27.8 Å². The van der Waals surface area contributed by atoms with Crippen LogP contribution in [0.4, 0.5) is 4.39 Å². The number of hydrogen-bond donors (Lipinski definition) is 0. The fourth-order valence-corrected chi connectivity index (χ4v) is 6.18. The first-order valence-corrected chi connectivity index (χ1v) is 17.3. The average Bonchev–Trinajstić information content (AvgIpc) is 3.14. The second kappa shape index (κ2) is 17.3. The lowest BCUT2D eigenvalue weighted by atomic mass is 10.1. The molecule has 0 aliphatic carbocycles. The summed E-state index contributed by atoms with van der Waals surface area (Å²) in [5.74, 6) is 1.84. The van der Waals surface area contributed by atoms with Crippen molar-refractivity contribution < 1.29 is 23.4 Å². The third-order valence-corrected chi connectivity index (χ3v) is 8.98. The van der Waals surface area contributed by atoms with Gasteiger partial charge in [-0.05, 0) is 77.7 Å². The number of carbonyl (C=O) groups excluding carboxylic acids is 1. The summed E-state index contributed by atoms with van der Waals surface area (Å²) in [5.41, 5.74) is 5.79. The number of rotatable bonds is 14. The van der Waals surface area contributed by atoms with Crippen molar-refractivity contribution in [3.8, 4) is 23.1 Å². The average molecular weight is 728 g/mol. The van der Waals surface area contributed by atoms with Gasteiger partial charge in [0.25, 0.3) is 0 Å². The van der Waals surface area contributed by atoms with Crippen molar-refractivity contribution in [3.05, 3.63) is 147 Å². The van der Waals surface area contributed by atoms with E-state index in [0.717, 1.165) is 67.8 Å². The first-order chi connectivity index (χ1) is 24.8. The molecule has 0 radical (unpaired) electrons. The van der Waals surface area contributed by atoms with Gasteiger partial charge < -0.3 is 19.1 Å². The first kappa shape index (κ1) is 35.9. The Bertz CT molecular complexity index is 1910. The summed E-state index contributed by atoms with van der Waals surface area (Å²) in [4.78, 5) is 24.8. The summed E-state index contributed by atoms with van der Waals surface area (Å²) in [6.45, 7) is 6.83. The lowest BCUT2D eigenvalue weighted by Gasteiger charge is -2.37. The van der Waals surface area contributed by atoms with E-state index in [-0.39, 0.29) is 5.82 Å². The molecular weight excluding hydrogens is 690 g/mol. The van der Waals surface area contributed by atoms with E-state index in [2.05, 4.69) is 44.0 Å². The summed E-state index contributed by atoms with van der Waals surface area (Å²) < 4.78 is 30.7. The number of aldehydes is 1. The number of ether oxygens (including phenoxy) is 3. The highest BCUT2D eigenvalue weighted by Crippen LogP contribution is 2.36. The molecule has 3 heterocycles. The predicted molar refractivity (Wildman–Crippen MR) is 197 cm³/mol. The number of aromatic nitrogens is 2. The van der Waals surface area contributed by atoms with Gasteiger partial charge in [0.15, 0.2) is 5.75 Å². The van der Waals surface area contributed by atoms with E-state index >= 15 is 0 Å². The predicted octanol–water partition coefficient (Wildman–Crippen LogP) is 8.58. The van der Waals surface area contributed by atoms with Gasteiger partial charge in [0, 0.05) is 68.7 Å². The lowest BCUT2D eigenvalue weighted by Crippen LogP contribution is -2.45. The molecule has 1 fully saturated rings. The standard InChI is InChI=1S/C40H37Cl2FN4O4/c1-28-22-32(23-36(41)40(28)51-39-13-11-35(25-45-39)50-27-31-6-12-38(42)44-24-31)37(14-20-48)47-18-16-46(17-19-47)26-30-4-2-29(3-5-30)15-21-49-34-9-7-33(43)8-10-34/h2-14,20,22-25H,15-19,21,26-27H2,1H3/b37-14+. The van der Waals surface area contributed by atoms with Gasteiger partial charge in [-0.15, -0.1) is 0 Å². The maximum atomic E-state index is 13.1. The van der Waals surface area contributed by atoms with Crippen LogP contribution in [0, 0.1) is 12.7 Å². The lowest BCUT2D eigenvalue weighted by molar-refractivity contribution is -0.104. The number of benzene rings is 3. The Balaban J connectivity index is 1.00. The van der Waals surface area contributed by atoms with Crippen molar-refractivity contribution in [3.63, 3.8) is 0 Å². The molecule has 5 aromatic rings. The fourth-order valence-electron chi connectivity index (χ4n) is 5.77. The van der Waals surface area contributed by atoms with E-state index in [4.69, 9.17) is 37.4 Å². The Morgan fingerprint density at radius 1 is 0.824 bits per heavy atom. The topological polar surface area (TPSA) is 77.0 Å². The molecule has 3 aromatic carbocycles. The molecule has 51 heavy (non-hydrogen) atoms. The van der Waals surface area contributed by atoms with Crippen molar-refractivity contribution in [1.82, 2.24) is 19.8 Å². The van der Waals surface area contributed by atoms with E-state index in [0.29, 0.717) is 46.5 Å². The minimum atomic E-state index is -0.275. The second-order valence-electron chi connectivity index (χ2n) is 12.1. The molecule has 1 aliphatic heterocycles. The van der Waals surface area contributed by atoms with Gasteiger partial charge in [0.1, 0.15) is 35.4 Å². The van der Waals surface area contributed by atoms with Crippen molar-refractivity contribution in [1.29, 1.82) is 0 Å². The number of piperazine rings is 1. The van der Waals surface area contributed by atoms with Gasteiger partial charge in [0.2, 0.25) is 5.88 Å². The molecule has 0 unspecified atom stereocenters. The Labute approximate surface area is 307 Å². The number of aryl methyl sites for hydroxylation is 1. The Morgan fingerprint density at radius 2 is 1.55 bits per heavy atom. The number of carbonyl (C=O) groups is 1. The molecule has 1 saturated heterocycles. The van der Waals surface area contributed by atoms with Crippen LogP contribution in [0.5, 0.6) is 23.1 Å². The molecule has 262 valence electrons. The van der Waals surface area contributed by atoms with E-state index < -0.39 is 0 Å². The Morgan fingerprint density at radius 3 is 2.22 bits per heavy atom. The van der Waals surface area contributed by atoms with Crippen molar-refractivity contribution in [2.75, 3.05) is 32.8 Å². The highest BCUT2D eigenvalue weighted by molar-refractivity contribution is 6.32. The van der Waals surface area contributed by atoms with Gasteiger partial charge >= 0.3 is 0 Å². The smallest absolute Gasteiger partial charge is 0.219 e. The maximum absolute atomic E-state index is 13.1. The van der Waals surface area contributed by atoms with Gasteiger partial charge in [-0.3, -0.25) is 9.69 Å². The minimum Gasteiger partial charge on any atom is -0.493 e. The third kappa shape index (κ3) is 10.1. The van der Waals surface area contributed by atoms with Crippen LogP contribution in [0.15, 0.2) is 103 Å². The number of pyridine rings is 2. The molecule has 0 saturated carbocycles. The fraction of sp³-hybridized carbons (Fsp3) is 0.225. The van der Waals surface area contributed by atoms with Crippen molar-refractivity contribution in [2.24, 2.45) is 0 Å². The van der Waals surface area contributed by atoms with E-state index in [1.807, 2.05) is 25.1 Å². The zero-order chi connectivity index (χ0) is 35.6. The molecule has 1 aliphatic rings. The van der Waals surface area contributed by atoms with Gasteiger partial charge in [0.05, 0.1) is 17.8 Å². The first-order valence-electron chi connectivity index (χ1n) is 16.6. The molecule has 0 spiro atoms. The van der Waals surface area contributed by atoms with Crippen LogP contribution in [-0.2, 0) is 24.4 Å². The van der Waals surface area contributed by atoms with Crippen LogP contribution in [0.3, 0.4) is 0 Å². The van der Waals surface area contributed by atoms with Gasteiger partial charge in [-0.1, -0.05) is 53.5 Å². The van der Waals surface area contributed by atoms with Crippen LogP contribution < -0.4 is 14.2 Å². The molecule has 8 nitrogen and oxygen atoms in total. The maximum Gasteiger partial charge on any atom is 0.219 e. The van der Waals surface area contributed by atoms with Crippen LogP contribution >= 0.6 is 23.2 Å². The largest absolute Gasteiger partial charge is 0.493 e. The Hall–Kier alpha value is -4.96. The molecule has 0 amide bonds.